The van der Waals surface area contributed by atoms with Gasteiger partial charge >= 0.3 is 0 Å². The number of benzene rings is 1. The quantitative estimate of drug-likeness (QED) is 0.459. The molecule has 0 radical (unpaired) electrons. The summed E-state index contributed by atoms with van der Waals surface area (Å²) >= 11 is 1.74. The number of rotatable bonds is 9. The molecule has 0 spiro atoms. The normalized spacial score (nSPS) is 11.1. The van der Waals surface area contributed by atoms with Crippen LogP contribution in [0, 0.1) is 12.7 Å². The van der Waals surface area contributed by atoms with Gasteiger partial charge < -0.3 is 10.3 Å². The Morgan fingerprint density at radius 3 is 2.64 bits per heavy atom. The molecule has 1 aromatic carbocycles. The molecule has 5 heteroatoms. The van der Waals surface area contributed by atoms with E-state index < -0.39 is 5.91 Å². The lowest BCUT2D eigenvalue weighted by Gasteiger charge is -2.13. The van der Waals surface area contributed by atoms with Gasteiger partial charge in [0.1, 0.15) is 5.82 Å². The molecule has 0 saturated carbocycles. The number of carbonyl (C=O) groups is 1. The van der Waals surface area contributed by atoms with Crippen LogP contribution in [0.15, 0.2) is 41.8 Å². The molecule has 2 heterocycles. The van der Waals surface area contributed by atoms with Crippen molar-refractivity contribution in [1.82, 2.24) is 4.57 Å². The topological polar surface area (TPSA) is 48.0 Å². The third-order valence-electron chi connectivity index (χ3n) is 5.17. The number of aryl methyl sites for hydroxylation is 1. The fraction of sp³-hybridized carbons (Fsp3) is 0.348. The Morgan fingerprint density at radius 2 is 2.00 bits per heavy atom. The second kappa shape index (κ2) is 9.20. The van der Waals surface area contributed by atoms with Crippen molar-refractivity contribution < 1.29 is 9.18 Å². The molecular weight excluding hydrogens is 371 g/mol. The number of halogens is 1. The number of primary amides is 1. The standard InChI is InChI=1S/C23H27FN2OS/c1-3-4-5-11-20-22(17-8-6-9-18(24)15-17)21(23(25)27)16(2)26(20)13-12-19-10-7-14-28-19/h6-10,14-15H,3-5,11-13H2,1-2H3,(H2,25,27). The summed E-state index contributed by atoms with van der Waals surface area (Å²) in [5, 5.41) is 2.08. The number of nitrogens with zero attached hydrogens (tertiary/aromatic N) is 1. The van der Waals surface area contributed by atoms with E-state index in [9.17, 15) is 9.18 Å². The van der Waals surface area contributed by atoms with E-state index in [0.29, 0.717) is 5.56 Å². The monoisotopic (exact) mass is 398 g/mol. The summed E-state index contributed by atoms with van der Waals surface area (Å²) in [5.74, 6) is -0.764. The fourth-order valence-corrected chi connectivity index (χ4v) is 4.53. The van der Waals surface area contributed by atoms with Gasteiger partial charge in [0.2, 0.25) is 0 Å². The smallest absolute Gasteiger partial charge is 0.251 e. The summed E-state index contributed by atoms with van der Waals surface area (Å²) < 4.78 is 16.2. The van der Waals surface area contributed by atoms with Crippen LogP contribution in [0.4, 0.5) is 4.39 Å². The summed E-state index contributed by atoms with van der Waals surface area (Å²) in [6.07, 6.45) is 5.00. The van der Waals surface area contributed by atoms with Crippen LogP contribution in [0.5, 0.6) is 0 Å². The van der Waals surface area contributed by atoms with Gasteiger partial charge in [-0.3, -0.25) is 4.79 Å². The largest absolute Gasteiger partial charge is 0.366 e. The molecule has 0 aliphatic heterocycles. The predicted molar refractivity (Wildman–Crippen MR) is 114 cm³/mol. The van der Waals surface area contributed by atoms with Gasteiger partial charge in [-0.25, -0.2) is 4.39 Å². The highest BCUT2D eigenvalue weighted by Crippen LogP contribution is 2.34. The Hall–Kier alpha value is -2.40. The number of carbonyl (C=O) groups excluding carboxylic acids is 1. The summed E-state index contributed by atoms with van der Waals surface area (Å²) in [7, 11) is 0. The maximum Gasteiger partial charge on any atom is 0.251 e. The van der Waals surface area contributed by atoms with E-state index in [4.69, 9.17) is 5.73 Å². The number of amides is 1. The minimum atomic E-state index is -0.455. The minimum Gasteiger partial charge on any atom is -0.366 e. The molecule has 0 atom stereocenters. The molecule has 3 nitrogen and oxygen atoms in total. The van der Waals surface area contributed by atoms with Crippen molar-refractivity contribution in [3.05, 3.63) is 69.4 Å². The van der Waals surface area contributed by atoms with E-state index in [1.165, 1.54) is 17.0 Å². The Balaban J connectivity index is 2.11. The van der Waals surface area contributed by atoms with Crippen LogP contribution in [-0.4, -0.2) is 10.5 Å². The minimum absolute atomic E-state index is 0.309. The van der Waals surface area contributed by atoms with Crippen LogP contribution in [0.2, 0.25) is 0 Å². The zero-order valence-electron chi connectivity index (χ0n) is 16.5. The van der Waals surface area contributed by atoms with Crippen LogP contribution in [0.3, 0.4) is 0 Å². The van der Waals surface area contributed by atoms with Gasteiger partial charge in [0.15, 0.2) is 0 Å². The molecule has 0 aliphatic rings. The van der Waals surface area contributed by atoms with Gasteiger partial charge in [0.25, 0.3) is 5.91 Å². The maximum atomic E-state index is 13.9. The van der Waals surface area contributed by atoms with E-state index in [1.807, 2.05) is 13.0 Å². The van der Waals surface area contributed by atoms with Crippen molar-refractivity contribution in [2.24, 2.45) is 5.73 Å². The van der Waals surface area contributed by atoms with Crippen LogP contribution < -0.4 is 5.73 Å². The third-order valence-corrected chi connectivity index (χ3v) is 6.11. The summed E-state index contributed by atoms with van der Waals surface area (Å²) in [5.41, 5.74) is 9.77. The van der Waals surface area contributed by atoms with Crippen molar-refractivity contribution in [2.45, 2.75) is 52.5 Å². The molecule has 2 N–H and O–H groups in total. The molecule has 3 rings (SSSR count). The molecule has 2 aromatic heterocycles. The van der Waals surface area contributed by atoms with Gasteiger partial charge in [0, 0.05) is 28.4 Å². The van der Waals surface area contributed by atoms with Gasteiger partial charge in [-0.2, -0.15) is 0 Å². The molecule has 0 saturated heterocycles. The Labute approximate surface area is 170 Å². The van der Waals surface area contributed by atoms with E-state index in [-0.39, 0.29) is 5.82 Å². The number of hydrogen-bond acceptors (Lipinski definition) is 2. The van der Waals surface area contributed by atoms with E-state index in [0.717, 1.165) is 61.2 Å². The third kappa shape index (κ3) is 4.36. The first-order chi connectivity index (χ1) is 13.5. The lowest BCUT2D eigenvalue weighted by Crippen LogP contribution is -2.13. The second-order valence-corrected chi connectivity index (χ2v) is 8.13. The average molecular weight is 399 g/mol. The van der Waals surface area contributed by atoms with Crippen molar-refractivity contribution in [2.75, 3.05) is 0 Å². The van der Waals surface area contributed by atoms with Gasteiger partial charge in [-0.1, -0.05) is 38.0 Å². The first-order valence-corrected chi connectivity index (χ1v) is 10.7. The molecule has 148 valence electrons. The highest BCUT2D eigenvalue weighted by atomic mass is 32.1. The Bertz CT molecular complexity index is 944. The molecule has 0 unspecified atom stereocenters. The van der Waals surface area contributed by atoms with Crippen molar-refractivity contribution >= 4 is 17.2 Å². The van der Waals surface area contributed by atoms with Crippen LogP contribution in [-0.2, 0) is 19.4 Å². The van der Waals surface area contributed by atoms with E-state index >= 15 is 0 Å². The van der Waals surface area contributed by atoms with Crippen LogP contribution in [0.25, 0.3) is 11.1 Å². The first kappa shape index (κ1) is 20.3. The SMILES string of the molecule is CCCCCc1c(-c2cccc(F)c2)c(C(N)=O)c(C)n1CCc1cccs1. The van der Waals surface area contributed by atoms with Gasteiger partial charge in [0.05, 0.1) is 5.56 Å². The highest BCUT2D eigenvalue weighted by Gasteiger charge is 2.24. The molecule has 0 aliphatic carbocycles. The number of nitrogens with two attached hydrogens (primary N) is 1. The number of hydrogen-bond donors (Lipinski definition) is 1. The lowest BCUT2D eigenvalue weighted by molar-refractivity contribution is 0.1000. The van der Waals surface area contributed by atoms with Crippen molar-refractivity contribution in [3.8, 4) is 11.1 Å². The van der Waals surface area contributed by atoms with Crippen LogP contribution >= 0.6 is 11.3 Å². The van der Waals surface area contributed by atoms with Gasteiger partial charge in [-0.15, -0.1) is 11.3 Å². The zero-order valence-corrected chi connectivity index (χ0v) is 17.3. The first-order valence-electron chi connectivity index (χ1n) is 9.83. The molecule has 0 bridgehead atoms. The maximum absolute atomic E-state index is 13.9. The molecule has 28 heavy (non-hydrogen) atoms. The van der Waals surface area contributed by atoms with Crippen LogP contribution in [0.1, 0.15) is 52.8 Å². The second-order valence-electron chi connectivity index (χ2n) is 7.09. The number of aromatic nitrogens is 1. The Morgan fingerprint density at radius 1 is 1.18 bits per heavy atom. The zero-order chi connectivity index (χ0) is 20.1. The number of thiophene rings is 1. The molecule has 0 fully saturated rings. The number of unbranched alkanes of at least 4 members (excludes halogenated alkanes) is 2. The predicted octanol–water partition coefficient (Wildman–Crippen LogP) is 5.74. The van der Waals surface area contributed by atoms with Crippen molar-refractivity contribution in [1.29, 1.82) is 0 Å². The molecule has 3 aromatic rings. The molecular formula is C23H27FN2OS. The van der Waals surface area contributed by atoms with E-state index in [2.05, 4.69) is 29.0 Å². The highest BCUT2D eigenvalue weighted by molar-refractivity contribution is 7.09. The summed E-state index contributed by atoms with van der Waals surface area (Å²) in [6.45, 7) is 4.90. The summed E-state index contributed by atoms with van der Waals surface area (Å²) in [6, 6.07) is 10.6. The Kier molecular flexibility index (Phi) is 6.68. The molecule has 1 amide bonds. The average Bonchev–Trinajstić information content (AvgIpc) is 3.26. The fourth-order valence-electron chi connectivity index (χ4n) is 3.84. The lowest BCUT2D eigenvalue weighted by atomic mass is 9.97. The van der Waals surface area contributed by atoms with Gasteiger partial charge in [-0.05, 0) is 55.3 Å². The summed E-state index contributed by atoms with van der Waals surface area (Å²) in [4.78, 5) is 13.7. The van der Waals surface area contributed by atoms with E-state index in [1.54, 1.807) is 17.4 Å². The van der Waals surface area contributed by atoms with Crippen molar-refractivity contribution in [3.63, 3.8) is 0 Å².